The van der Waals surface area contributed by atoms with Crippen molar-refractivity contribution in [3.8, 4) is 0 Å². The summed E-state index contributed by atoms with van der Waals surface area (Å²) in [6.07, 6.45) is 1.44. The molecular formula is C9H10BrN5O2. The van der Waals surface area contributed by atoms with Gasteiger partial charge in [0.25, 0.3) is 5.56 Å². The van der Waals surface area contributed by atoms with Crippen molar-refractivity contribution in [1.29, 1.82) is 0 Å². The first-order valence-corrected chi connectivity index (χ1v) is 5.62. The van der Waals surface area contributed by atoms with Crippen molar-refractivity contribution >= 4 is 15.9 Å². The van der Waals surface area contributed by atoms with Crippen LogP contribution in [0.5, 0.6) is 0 Å². The maximum absolute atomic E-state index is 11.5. The van der Waals surface area contributed by atoms with Crippen LogP contribution < -0.4 is 11.2 Å². The van der Waals surface area contributed by atoms with Crippen LogP contribution in [0.3, 0.4) is 0 Å². The highest BCUT2D eigenvalue weighted by Gasteiger charge is 2.08. The molecule has 2 rings (SSSR count). The SMILES string of the molecule is Cc1nnc(Cn2cc(Br)c(=O)[nH]c2=O)n1C. The molecule has 0 amide bonds. The summed E-state index contributed by atoms with van der Waals surface area (Å²) in [5.74, 6) is 1.40. The first-order valence-electron chi connectivity index (χ1n) is 4.83. The number of rotatable bonds is 2. The lowest BCUT2D eigenvalue weighted by Gasteiger charge is -2.05. The lowest BCUT2D eigenvalue weighted by Crippen LogP contribution is -2.30. The first-order chi connectivity index (χ1) is 7.99. The van der Waals surface area contributed by atoms with Gasteiger partial charge in [0.1, 0.15) is 5.82 Å². The van der Waals surface area contributed by atoms with E-state index in [4.69, 9.17) is 0 Å². The molecule has 0 bridgehead atoms. The summed E-state index contributed by atoms with van der Waals surface area (Å²) in [7, 11) is 1.82. The Kier molecular flexibility index (Phi) is 2.97. The van der Waals surface area contributed by atoms with Gasteiger partial charge in [-0.2, -0.15) is 0 Å². The molecule has 2 aromatic heterocycles. The fourth-order valence-corrected chi connectivity index (χ4v) is 1.69. The molecular weight excluding hydrogens is 290 g/mol. The number of nitrogens with one attached hydrogen (secondary N) is 1. The fourth-order valence-electron chi connectivity index (χ4n) is 1.34. The molecule has 17 heavy (non-hydrogen) atoms. The molecule has 0 spiro atoms. The average Bonchev–Trinajstić information content (AvgIpc) is 2.58. The first kappa shape index (κ1) is 11.8. The van der Waals surface area contributed by atoms with E-state index in [0.717, 1.165) is 5.82 Å². The van der Waals surface area contributed by atoms with Gasteiger partial charge in [-0.15, -0.1) is 10.2 Å². The van der Waals surface area contributed by atoms with Crippen molar-refractivity contribution in [3.05, 3.63) is 43.2 Å². The number of aromatic amines is 1. The normalized spacial score (nSPS) is 10.8. The highest BCUT2D eigenvalue weighted by molar-refractivity contribution is 9.10. The Bertz CT molecular complexity index is 669. The second-order valence-electron chi connectivity index (χ2n) is 3.59. The van der Waals surface area contributed by atoms with Crippen LogP contribution in [0.25, 0.3) is 0 Å². The molecule has 0 radical (unpaired) electrons. The molecule has 90 valence electrons. The van der Waals surface area contributed by atoms with Gasteiger partial charge < -0.3 is 4.57 Å². The van der Waals surface area contributed by atoms with E-state index in [2.05, 4.69) is 31.1 Å². The standard InChI is InChI=1S/C9H10BrN5O2/c1-5-12-13-7(14(5)2)4-15-3-6(10)8(16)11-9(15)17/h3H,4H2,1-2H3,(H,11,16,17). The summed E-state index contributed by atoms with van der Waals surface area (Å²) in [6, 6.07) is 0. The van der Waals surface area contributed by atoms with Crippen LogP contribution in [0.2, 0.25) is 0 Å². The van der Waals surface area contributed by atoms with Crippen molar-refractivity contribution in [2.45, 2.75) is 13.5 Å². The number of nitrogens with zero attached hydrogens (tertiary/aromatic N) is 4. The minimum atomic E-state index is -0.473. The smallest absolute Gasteiger partial charge is 0.317 e. The van der Waals surface area contributed by atoms with Gasteiger partial charge in [-0.3, -0.25) is 14.3 Å². The summed E-state index contributed by atoms with van der Waals surface area (Å²) in [4.78, 5) is 24.9. The van der Waals surface area contributed by atoms with Gasteiger partial charge in [0.05, 0.1) is 11.0 Å². The zero-order valence-corrected chi connectivity index (χ0v) is 10.9. The van der Waals surface area contributed by atoms with E-state index in [9.17, 15) is 9.59 Å². The molecule has 0 saturated carbocycles. The van der Waals surface area contributed by atoms with Gasteiger partial charge in [0.2, 0.25) is 0 Å². The second kappa shape index (κ2) is 4.28. The Morgan fingerprint density at radius 3 is 2.71 bits per heavy atom. The van der Waals surface area contributed by atoms with E-state index in [0.29, 0.717) is 10.3 Å². The Balaban J connectivity index is 2.43. The summed E-state index contributed by atoms with van der Waals surface area (Å²) < 4.78 is 3.44. The molecule has 2 heterocycles. The average molecular weight is 300 g/mol. The molecule has 0 fully saturated rings. The summed E-state index contributed by atoms with van der Waals surface area (Å²) in [5, 5.41) is 7.85. The van der Waals surface area contributed by atoms with Gasteiger partial charge in [-0.1, -0.05) is 0 Å². The van der Waals surface area contributed by atoms with Crippen LogP contribution in [-0.4, -0.2) is 24.3 Å². The molecule has 7 nitrogen and oxygen atoms in total. The molecule has 8 heteroatoms. The third-order valence-corrected chi connectivity index (χ3v) is 3.03. The highest BCUT2D eigenvalue weighted by Crippen LogP contribution is 2.02. The molecule has 0 saturated heterocycles. The predicted octanol–water partition coefficient (Wildman–Crippen LogP) is -0.216. The van der Waals surface area contributed by atoms with Gasteiger partial charge in [0.15, 0.2) is 5.82 Å². The zero-order valence-electron chi connectivity index (χ0n) is 9.27. The maximum Gasteiger partial charge on any atom is 0.328 e. The number of aryl methyl sites for hydroxylation is 1. The third-order valence-electron chi connectivity index (χ3n) is 2.46. The van der Waals surface area contributed by atoms with Crippen molar-refractivity contribution in [2.75, 3.05) is 0 Å². The van der Waals surface area contributed by atoms with Crippen LogP contribution >= 0.6 is 15.9 Å². The largest absolute Gasteiger partial charge is 0.328 e. The third kappa shape index (κ3) is 2.21. The van der Waals surface area contributed by atoms with Crippen LogP contribution in [0, 0.1) is 6.92 Å². The van der Waals surface area contributed by atoms with Crippen LogP contribution in [-0.2, 0) is 13.6 Å². The summed E-state index contributed by atoms with van der Waals surface area (Å²) in [6.45, 7) is 2.08. The second-order valence-corrected chi connectivity index (χ2v) is 4.44. The van der Waals surface area contributed by atoms with E-state index in [1.54, 1.807) is 4.57 Å². The molecule has 1 N–H and O–H groups in total. The molecule has 0 aliphatic heterocycles. The minimum absolute atomic E-state index is 0.256. The van der Waals surface area contributed by atoms with Gasteiger partial charge in [-0.25, -0.2) is 4.79 Å². The van der Waals surface area contributed by atoms with E-state index in [1.165, 1.54) is 10.8 Å². The van der Waals surface area contributed by atoms with Crippen molar-refractivity contribution in [1.82, 2.24) is 24.3 Å². The number of hydrogen-bond donors (Lipinski definition) is 1. The van der Waals surface area contributed by atoms with E-state index in [1.807, 2.05) is 14.0 Å². The Labute approximate surface area is 104 Å². The Morgan fingerprint density at radius 2 is 2.12 bits per heavy atom. The van der Waals surface area contributed by atoms with Crippen LogP contribution in [0.4, 0.5) is 0 Å². The van der Waals surface area contributed by atoms with Gasteiger partial charge in [0, 0.05) is 13.2 Å². The van der Waals surface area contributed by atoms with E-state index >= 15 is 0 Å². The minimum Gasteiger partial charge on any atom is -0.317 e. The molecule has 0 unspecified atom stereocenters. The number of halogens is 1. The van der Waals surface area contributed by atoms with Crippen molar-refractivity contribution < 1.29 is 0 Å². The van der Waals surface area contributed by atoms with Gasteiger partial charge >= 0.3 is 5.69 Å². The van der Waals surface area contributed by atoms with E-state index in [-0.39, 0.29) is 6.54 Å². The quantitative estimate of drug-likeness (QED) is 0.831. The number of H-pyrrole nitrogens is 1. The molecule has 0 aliphatic carbocycles. The topological polar surface area (TPSA) is 85.6 Å². The number of aromatic nitrogens is 5. The Hall–Kier alpha value is -1.70. The summed E-state index contributed by atoms with van der Waals surface area (Å²) in [5.41, 5.74) is -0.917. The van der Waals surface area contributed by atoms with Crippen LogP contribution in [0.15, 0.2) is 20.3 Å². The highest BCUT2D eigenvalue weighted by atomic mass is 79.9. The van der Waals surface area contributed by atoms with Crippen molar-refractivity contribution in [2.24, 2.45) is 7.05 Å². The van der Waals surface area contributed by atoms with Crippen LogP contribution in [0.1, 0.15) is 11.6 Å². The lowest BCUT2D eigenvalue weighted by atomic mass is 10.5. The summed E-state index contributed by atoms with van der Waals surface area (Å²) >= 11 is 3.07. The Morgan fingerprint density at radius 1 is 1.41 bits per heavy atom. The maximum atomic E-state index is 11.5. The van der Waals surface area contributed by atoms with E-state index < -0.39 is 11.2 Å². The molecule has 0 aliphatic rings. The van der Waals surface area contributed by atoms with Gasteiger partial charge in [-0.05, 0) is 22.9 Å². The molecule has 2 aromatic rings. The molecule has 0 aromatic carbocycles. The molecule has 0 atom stereocenters. The number of hydrogen-bond acceptors (Lipinski definition) is 4. The monoisotopic (exact) mass is 299 g/mol. The zero-order chi connectivity index (χ0) is 12.6. The van der Waals surface area contributed by atoms with Crippen molar-refractivity contribution in [3.63, 3.8) is 0 Å². The fraction of sp³-hybridized carbons (Fsp3) is 0.333. The lowest BCUT2D eigenvalue weighted by molar-refractivity contribution is 0.650. The predicted molar refractivity (Wildman–Crippen MR) is 63.9 cm³/mol.